The lowest BCUT2D eigenvalue weighted by Gasteiger charge is -2.37. The van der Waals surface area contributed by atoms with Crippen LogP contribution in [0.2, 0.25) is 0 Å². The Hall–Kier alpha value is -0.930. The van der Waals surface area contributed by atoms with E-state index in [1.54, 1.807) is 0 Å². The lowest BCUT2D eigenvalue weighted by atomic mass is 9.82. The number of ether oxygens (including phenoxy) is 1. The SMILES string of the molecule is CCCC1CC(O)(c2cc(C)cc(F)c2)CCO1. The van der Waals surface area contributed by atoms with Crippen LogP contribution in [0, 0.1) is 12.7 Å². The van der Waals surface area contributed by atoms with E-state index in [0.29, 0.717) is 25.0 Å². The van der Waals surface area contributed by atoms with Gasteiger partial charge in [0, 0.05) is 12.8 Å². The summed E-state index contributed by atoms with van der Waals surface area (Å²) in [6.45, 7) is 4.48. The molecule has 0 aliphatic carbocycles. The van der Waals surface area contributed by atoms with Gasteiger partial charge in [0.25, 0.3) is 0 Å². The van der Waals surface area contributed by atoms with Crippen molar-refractivity contribution in [3.05, 3.63) is 35.1 Å². The van der Waals surface area contributed by atoms with Crippen LogP contribution in [0.4, 0.5) is 4.39 Å². The lowest BCUT2D eigenvalue weighted by Crippen LogP contribution is -2.38. The van der Waals surface area contributed by atoms with Crippen LogP contribution in [0.1, 0.15) is 43.7 Å². The predicted molar refractivity (Wildman–Crippen MR) is 68.9 cm³/mol. The largest absolute Gasteiger partial charge is 0.385 e. The molecule has 0 radical (unpaired) electrons. The summed E-state index contributed by atoms with van der Waals surface area (Å²) in [5.41, 5.74) is 0.590. The van der Waals surface area contributed by atoms with Gasteiger partial charge in [-0.25, -0.2) is 4.39 Å². The number of halogens is 1. The maximum Gasteiger partial charge on any atom is 0.123 e. The molecule has 1 saturated heterocycles. The van der Waals surface area contributed by atoms with Crippen LogP contribution in [-0.2, 0) is 10.3 Å². The van der Waals surface area contributed by atoms with Crippen LogP contribution in [0.5, 0.6) is 0 Å². The minimum atomic E-state index is -0.940. The highest BCUT2D eigenvalue weighted by Crippen LogP contribution is 2.36. The van der Waals surface area contributed by atoms with Gasteiger partial charge in [-0.3, -0.25) is 0 Å². The number of benzene rings is 1. The van der Waals surface area contributed by atoms with Gasteiger partial charge in [-0.2, -0.15) is 0 Å². The molecule has 1 aliphatic rings. The average molecular weight is 252 g/mol. The van der Waals surface area contributed by atoms with Crippen LogP contribution in [-0.4, -0.2) is 17.8 Å². The topological polar surface area (TPSA) is 29.5 Å². The van der Waals surface area contributed by atoms with Crippen molar-refractivity contribution in [2.45, 2.75) is 51.2 Å². The van der Waals surface area contributed by atoms with E-state index < -0.39 is 5.60 Å². The van der Waals surface area contributed by atoms with Gasteiger partial charge in [0.2, 0.25) is 0 Å². The molecule has 1 aliphatic heterocycles. The first-order valence-electron chi connectivity index (χ1n) is 6.65. The molecule has 2 unspecified atom stereocenters. The van der Waals surface area contributed by atoms with Crippen molar-refractivity contribution in [3.63, 3.8) is 0 Å². The molecule has 100 valence electrons. The van der Waals surface area contributed by atoms with Gasteiger partial charge < -0.3 is 9.84 Å². The Kier molecular flexibility index (Phi) is 4.03. The molecule has 0 spiro atoms. The van der Waals surface area contributed by atoms with E-state index in [-0.39, 0.29) is 11.9 Å². The average Bonchev–Trinajstić information content (AvgIpc) is 2.28. The quantitative estimate of drug-likeness (QED) is 0.894. The van der Waals surface area contributed by atoms with Crippen molar-refractivity contribution < 1.29 is 14.2 Å². The Morgan fingerprint density at radius 1 is 1.44 bits per heavy atom. The highest BCUT2D eigenvalue weighted by Gasteiger charge is 2.36. The molecule has 0 saturated carbocycles. The van der Waals surface area contributed by atoms with Gasteiger partial charge in [0.15, 0.2) is 0 Å². The molecule has 2 rings (SSSR count). The first-order chi connectivity index (χ1) is 8.53. The van der Waals surface area contributed by atoms with Gasteiger partial charge in [-0.15, -0.1) is 0 Å². The number of aliphatic hydroxyl groups is 1. The van der Waals surface area contributed by atoms with Crippen molar-refractivity contribution in [1.82, 2.24) is 0 Å². The first-order valence-corrected chi connectivity index (χ1v) is 6.65. The van der Waals surface area contributed by atoms with Gasteiger partial charge >= 0.3 is 0 Å². The molecule has 0 aromatic heterocycles. The fourth-order valence-corrected chi connectivity index (χ4v) is 2.71. The number of rotatable bonds is 3. The van der Waals surface area contributed by atoms with Crippen LogP contribution in [0.15, 0.2) is 18.2 Å². The molecule has 1 aromatic carbocycles. The van der Waals surface area contributed by atoms with Gasteiger partial charge in [0.1, 0.15) is 5.82 Å². The van der Waals surface area contributed by atoms with Gasteiger partial charge in [-0.1, -0.05) is 19.4 Å². The Morgan fingerprint density at radius 2 is 2.22 bits per heavy atom. The summed E-state index contributed by atoms with van der Waals surface area (Å²) in [6, 6.07) is 4.80. The molecule has 1 aromatic rings. The summed E-state index contributed by atoms with van der Waals surface area (Å²) in [5.74, 6) is -0.281. The van der Waals surface area contributed by atoms with E-state index in [4.69, 9.17) is 4.74 Å². The van der Waals surface area contributed by atoms with Crippen molar-refractivity contribution in [2.24, 2.45) is 0 Å². The second-order valence-corrected chi connectivity index (χ2v) is 5.28. The summed E-state index contributed by atoms with van der Waals surface area (Å²) < 4.78 is 19.1. The molecule has 0 bridgehead atoms. The van der Waals surface area contributed by atoms with Crippen molar-refractivity contribution in [1.29, 1.82) is 0 Å². The van der Waals surface area contributed by atoms with Crippen LogP contribution >= 0.6 is 0 Å². The fourth-order valence-electron chi connectivity index (χ4n) is 2.71. The molecule has 2 atom stereocenters. The third kappa shape index (κ3) is 2.90. The number of aryl methyl sites for hydroxylation is 1. The number of hydrogen-bond donors (Lipinski definition) is 1. The van der Waals surface area contributed by atoms with Gasteiger partial charge in [0.05, 0.1) is 18.3 Å². The molecule has 3 heteroatoms. The van der Waals surface area contributed by atoms with Crippen molar-refractivity contribution >= 4 is 0 Å². The highest BCUT2D eigenvalue weighted by atomic mass is 19.1. The molecule has 1 heterocycles. The maximum atomic E-state index is 13.5. The predicted octanol–water partition coefficient (Wildman–Crippen LogP) is 3.30. The van der Waals surface area contributed by atoms with E-state index in [9.17, 15) is 9.50 Å². The van der Waals surface area contributed by atoms with E-state index in [0.717, 1.165) is 18.4 Å². The first kappa shape index (κ1) is 13.5. The van der Waals surface area contributed by atoms with Gasteiger partial charge in [-0.05, 0) is 36.6 Å². The summed E-state index contributed by atoms with van der Waals surface area (Å²) in [6.07, 6.45) is 3.15. The maximum absolute atomic E-state index is 13.5. The highest BCUT2D eigenvalue weighted by molar-refractivity contribution is 5.29. The zero-order chi connectivity index (χ0) is 13.2. The second kappa shape index (κ2) is 5.37. The summed E-state index contributed by atoms with van der Waals surface area (Å²) in [4.78, 5) is 0. The summed E-state index contributed by atoms with van der Waals surface area (Å²) >= 11 is 0. The number of hydrogen-bond acceptors (Lipinski definition) is 2. The Labute approximate surface area is 108 Å². The standard InChI is InChI=1S/C15H21FO2/c1-3-4-14-10-15(17,5-6-18-14)12-7-11(2)8-13(16)9-12/h7-9,14,17H,3-6,10H2,1-2H3. The lowest BCUT2D eigenvalue weighted by molar-refractivity contribution is -0.110. The molecule has 18 heavy (non-hydrogen) atoms. The molecular formula is C15H21FO2. The third-order valence-corrected chi connectivity index (χ3v) is 3.62. The van der Waals surface area contributed by atoms with E-state index in [1.165, 1.54) is 12.1 Å². The zero-order valence-electron chi connectivity index (χ0n) is 11.1. The molecule has 2 nitrogen and oxygen atoms in total. The molecular weight excluding hydrogens is 231 g/mol. The monoisotopic (exact) mass is 252 g/mol. The normalized spacial score (nSPS) is 28.3. The third-order valence-electron chi connectivity index (χ3n) is 3.62. The molecule has 1 N–H and O–H groups in total. The second-order valence-electron chi connectivity index (χ2n) is 5.28. The van der Waals surface area contributed by atoms with Crippen molar-refractivity contribution in [3.8, 4) is 0 Å². The minimum absolute atomic E-state index is 0.0809. The Balaban J connectivity index is 2.23. The smallest absolute Gasteiger partial charge is 0.123 e. The molecule has 0 amide bonds. The van der Waals surface area contributed by atoms with Crippen LogP contribution in [0.3, 0.4) is 0 Å². The summed E-state index contributed by atoms with van der Waals surface area (Å²) in [7, 11) is 0. The van der Waals surface area contributed by atoms with Crippen LogP contribution < -0.4 is 0 Å². The Morgan fingerprint density at radius 3 is 2.89 bits per heavy atom. The summed E-state index contributed by atoms with van der Waals surface area (Å²) in [5, 5.41) is 10.7. The fraction of sp³-hybridized carbons (Fsp3) is 0.600. The van der Waals surface area contributed by atoms with Crippen LogP contribution in [0.25, 0.3) is 0 Å². The minimum Gasteiger partial charge on any atom is -0.385 e. The van der Waals surface area contributed by atoms with E-state index in [1.807, 2.05) is 13.0 Å². The molecule has 1 fully saturated rings. The van der Waals surface area contributed by atoms with Crippen molar-refractivity contribution in [2.75, 3.05) is 6.61 Å². The van der Waals surface area contributed by atoms with E-state index in [2.05, 4.69) is 6.92 Å². The Bertz CT molecular complexity index is 397. The zero-order valence-corrected chi connectivity index (χ0v) is 11.1. The van der Waals surface area contributed by atoms with E-state index >= 15 is 0 Å².